The van der Waals surface area contributed by atoms with E-state index in [0.717, 1.165) is 46.4 Å². The number of aliphatic imine (C=N–C) groups is 1. The van der Waals surface area contributed by atoms with Gasteiger partial charge in [0.25, 0.3) is 23.6 Å². The van der Waals surface area contributed by atoms with Gasteiger partial charge in [-0.1, -0.05) is 107 Å². The highest BCUT2D eigenvalue weighted by atomic mass is 79.9. The van der Waals surface area contributed by atoms with Gasteiger partial charge in [-0.3, -0.25) is 48.4 Å². The average Bonchev–Trinajstić information content (AvgIpc) is 0.959. The van der Waals surface area contributed by atoms with Crippen LogP contribution in [0.1, 0.15) is 58.1 Å². The molecule has 4 amide bonds. The number of carbonyl (C=O) groups excluding carboxylic acids is 4. The molecule has 0 aliphatic carbocycles. The third-order valence-electron chi connectivity index (χ3n) is 17.2. The van der Waals surface area contributed by atoms with E-state index in [0.29, 0.717) is 127 Å². The molecule has 0 saturated heterocycles. The Bertz CT molecular complexity index is 6110. The molecule has 0 spiro atoms. The quantitative estimate of drug-likeness (QED) is 0.0389. The van der Waals surface area contributed by atoms with Crippen LogP contribution >= 0.6 is 62.3 Å². The second kappa shape index (κ2) is 40.0. The predicted molar refractivity (Wildman–Crippen MR) is 468 cm³/mol. The maximum Gasteiger partial charge on any atom is 0.256 e. The number of amides is 4. The highest BCUT2D eigenvalue weighted by molar-refractivity contribution is 9.10. The Morgan fingerprint density at radius 2 is 0.786 bits per heavy atom. The summed E-state index contributed by atoms with van der Waals surface area (Å²) in [5, 5.41) is 20.0. The number of aromatic nitrogens is 5. The van der Waals surface area contributed by atoms with Crippen molar-refractivity contribution in [2.45, 2.75) is 23.1 Å². The molecule has 1 aliphatic rings. The molecule has 0 bridgehead atoms. The standard InChI is InChI=1S/C24H18ClN3O3S.C22H20ClN5O.C20H16BrClN2O3S.C20H18ClN3O3S/c25-21-12-11-19(15-20(21)22-5-1-3-13-26-22)28-24(29)18-9-7-17(8-10-18)16-32(30,31)23-6-2-4-14-27-23;23-19-9-8-17(13-18(19)20-3-1-2-10-24-20)28-21(29)16-6-4-15(5-7-16)14-27-22-25-11-12-26-22;1-28(26,27)12-13-5-7-15(17(21)10-13)20(25)24-14-6-8-18(22)16(11-14)19-4-2-3-9-23-19;1-24(28(2,26)27)16-9-6-14(7-10-16)20(25)23-15-8-11-18(21)17(13-15)19-5-3-4-12-22-19/h1-15H,16H2,(H,28,29);1-10,13H,11-12,14H2,(H,28,29)(H2,25,26,27);2-11H,12H2,1H3,(H,24,25);3-13H,1-2H3,(H,23,25). The Hall–Kier alpha value is -12.1. The molecule has 13 aromatic rings. The number of carbonyl (C=O) groups is 4. The van der Waals surface area contributed by atoms with Crippen molar-refractivity contribution in [2.75, 3.05) is 58.2 Å². The number of sulfonamides is 1. The van der Waals surface area contributed by atoms with Crippen LogP contribution < -0.4 is 36.2 Å². The van der Waals surface area contributed by atoms with E-state index in [1.807, 2.05) is 103 Å². The molecule has 6 heterocycles. The van der Waals surface area contributed by atoms with E-state index < -0.39 is 29.7 Å². The predicted octanol–water partition coefficient (Wildman–Crippen LogP) is 17.7. The molecule has 0 unspecified atom stereocenters. The van der Waals surface area contributed by atoms with Gasteiger partial charge in [-0.15, -0.1) is 0 Å². The second-order valence-corrected chi connectivity index (χ2v) is 34.5. The fraction of sp³-hybridized carbons (Fsp3) is 0.0930. The summed E-state index contributed by atoms with van der Waals surface area (Å²) in [6.45, 7) is 2.32. The van der Waals surface area contributed by atoms with Gasteiger partial charge < -0.3 is 31.9 Å². The van der Waals surface area contributed by atoms with Crippen molar-refractivity contribution < 1.29 is 44.4 Å². The molecule has 5 aromatic heterocycles. The first-order valence-electron chi connectivity index (χ1n) is 35.5. The first kappa shape index (κ1) is 85.8. The van der Waals surface area contributed by atoms with Crippen LogP contribution in [0.3, 0.4) is 0 Å². The van der Waals surface area contributed by atoms with E-state index in [9.17, 15) is 44.4 Å². The molecule has 6 N–H and O–H groups in total. The van der Waals surface area contributed by atoms with E-state index in [1.165, 1.54) is 25.6 Å². The number of hydrogen-bond acceptors (Lipinski definition) is 18. The number of halogens is 5. The summed E-state index contributed by atoms with van der Waals surface area (Å²) in [5.74, 6) is -0.610. The van der Waals surface area contributed by atoms with Crippen molar-refractivity contribution in [1.29, 1.82) is 0 Å². The molecule has 8 aromatic carbocycles. The van der Waals surface area contributed by atoms with Gasteiger partial charge >= 0.3 is 0 Å². The average molecular weight is 1770 g/mol. The highest BCUT2D eigenvalue weighted by Gasteiger charge is 2.21. The van der Waals surface area contributed by atoms with Crippen LogP contribution in [-0.2, 0) is 47.7 Å². The van der Waals surface area contributed by atoms with E-state index >= 15 is 0 Å². The minimum Gasteiger partial charge on any atom is -0.355 e. The van der Waals surface area contributed by atoms with Gasteiger partial charge in [-0.25, -0.2) is 30.2 Å². The lowest BCUT2D eigenvalue weighted by Crippen LogP contribution is -2.33. The Labute approximate surface area is 705 Å². The lowest BCUT2D eigenvalue weighted by atomic mass is 10.1. The number of sulfone groups is 2. The summed E-state index contributed by atoms with van der Waals surface area (Å²) in [4.78, 5) is 75.9. The molecule has 1 aliphatic heterocycles. The molecule has 0 radical (unpaired) electrons. The fourth-order valence-electron chi connectivity index (χ4n) is 11.3. The van der Waals surface area contributed by atoms with E-state index in [2.05, 4.69) is 77.7 Å². The highest BCUT2D eigenvalue weighted by Crippen LogP contribution is 2.35. The molecule has 0 fully saturated rings. The van der Waals surface area contributed by atoms with Crippen molar-refractivity contribution in [3.8, 4) is 45.0 Å². The lowest BCUT2D eigenvalue weighted by Gasteiger charge is -2.16. The summed E-state index contributed by atoms with van der Waals surface area (Å²) in [6, 6.07) is 72.8. The molecule has 0 saturated carbocycles. The van der Waals surface area contributed by atoms with Crippen LogP contribution in [0.25, 0.3) is 45.0 Å². The lowest BCUT2D eigenvalue weighted by molar-refractivity contribution is 0.101. The zero-order chi connectivity index (χ0) is 83.2. The van der Waals surface area contributed by atoms with Crippen LogP contribution in [0.4, 0.5) is 28.4 Å². The number of anilines is 5. The number of nitrogens with one attached hydrogen (secondary N) is 6. The smallest absolute Gasteiger partial charge is 0.256 e. The van der Waals surface area contributed by atoms with E-state index in [4.69, 9.17) is 46.4 Å². The van der Waals surface area contributed by atoms with Gasteiger partial charge in [0.15, 0.2) is 30.7 Å². The number of benzene rings is 8. The van der Waals surface area contributed by atoms with Gasteiger partial charge in [0.1, 0.15) is 0 Å². The van der Waals surface area contributed by atoms with E-state index in [-0.39, 0.29) is 40.2 Å². The van der Waals surface area contributed by atoms with Gasteiger partial charge in [-0.2, -0.15) is 0 Å². The summed E-state index contributed by atoms with van der Waals surface area (Å²) in [6.07, 6.45) is 10.5. The number of guanidine groups is 1. The molecular formula is C86H72BrCl4N13O10S3. The summed E-state index contributed by atoms with van der Waals surface area (Å²) in [7, 11) is -8.61. The van der Waals surface area contributed by atoms with Crippen LogP contribution in [0, 0.1) is 0 Å². The van der Waals surface area contributed by atoms with Crippen LogP contribution in [0.2, 0.25) is 20.1 Å². The Balaban J connectivity index is 0.000000153. The fourth-order valence-corrected chi connectivity index (χ4v) is 15.3. The minimum absolute atomic E-state index is 0.0215. The number of pyridine rings is 5. The second-order valence-electron chi connectivity index (χ2n) is 25.9. The maximum absolute atomic E-state index is 12.7. The third kappa shape index (κ3) is 24.7. The zero-order valence-electron chi connectivity index (χ0n) is 62.5. The van der Waals surface area contributed by atoms with Gasteiger partial charge in [0.05, 0.1) is 78.4 Å². The molecule has 594 valence electrons. The molecule has 14 rings (SSSR count). The summed E-state index contributed by atoms with van der Waals surface area (Å²) < 4.78 is 72.7. The van der Waals surface area contributed by atoms with Crippen molar-refractivity contribution in [2.24, 2.45) is 4.99 Å². The number of hydrogen-bond donors (Lipinski definition) is 6. The monoisotopic (exact) mass is 1760 g/mol. The minimum atomic E-state index is -3.56. The van der Waals surface area contributed by atoms with Crippen molar-refractivity contribution in [3.05, 3.63) is 349 Å². The Morgan fingerprint density at radius 1 is 0.419 bits per heavy atom. The van der Waals surface area contributed by atoms with Crippen LogP contribution in [-0.4, -0.2) is 112 Å². The summed E-state index contributed by atoms with van der Waals surface area (Å²) in [5.41, 5.74) is 12.7. The number of rotatable bonds is 21. The molecule has 23 nitrogen and oxygen atoms in total. The van der Waals surface area contributed by atoms with E-state index in [1.54, 1.807) is 170 Å². The van der Waals surface area contributed by atoms with Crippen molar-refractivity contribution >= 4 is 150 Å². The van der Waals surface area contributed by atoms with Gasteiger partial charge in [-0.05, 0) is 227 Å². The van der Waals surface area contributed by atoms with Crippen molar-refractivity contribution in [1.82, 2.24) is 35.6 Å². The van der Waals surface area contributed by atoms with Gasteiger partial charge in [0.2, 0.25) is 10.0 Å². The first-order chi connectivity index (χ1) is 56.1. The van der Waals surface area contributed by atoms with Crippen molar-refractivity contribution in [3.63, 3.8) is 0 Å². The Kier molecular flexibility index (Phi) is 29.3. The Morgan fingerprint density at radius 3 is 1.13 bits per heavy atom. The summed E-state index contributed by atoms with van der Waals surface area (Å²) >= 11 is 28.5. The maximum atomic E-state index is 12.7. The molecule has 117 heavy (non-hydrogen) atoms. The largest absolute Gasteiger partial charge is 0.355 e. The first-order valence-corrected chi connectivity index (χ1v) is 43.4. The van der Waals surface area contributed by atoms with Gasteiger partial charge in [0, 0.05) is 124 Å². The molecular weight excluding hydrogens is 1690 g/mol. The SMILES string of the molecule is CN(c1ccc(C(=O)Nc2ccc(Cl)c(-c3ccccn3)c2)cc1)S(C)(=O)=O.CS(=O)(=O)Cc1ccc(C(=O)Nc2ccc(Cl)c(-c3ccccn3)c2)c(Br)c1.O=C(Nc1ccc(Cl)c(-c2ccccn2)c1)c1ccc(CNC2=NCCN2)cc1.O=C(Nc1ccc(Cl)c(-c2ccccn2)c1)c1ccc(CS(=O)(=O)c2ccccn2)cc1. The molecule has 0 atom stereocenters. The zero-order valence-corrected chi connectivity index (χ0v) is 69.6. The third-order valence-corrected chi connectivity index (χ3v) is 22.9. The molecule has 31 heteroatoms. The van der Waals surface area contributed by atoms with Crippen LogP contribution in [0.15, 0.2) is 300 Å². The normalized spacial score (nSPS) is 11.6. The number of nitrogens with zero attached hydrogens (tertiary/aromatic N) is 7. The van der Waals surface area contributed by atoms with Crippen LogP contribution in [0.5, 0.6) is 0 Å². The topological polar surface area (TPSA) is 323 Å².